The molecule has 0 N–H and O–H groups in total. The van der Waals surface area contributed by atoms with Gasteiger partial charge >= 0.3 is 0 Å². The maximum atomic E-state index is 2.55. The van der Waals surface area contributed by atoms with Crippen molar-refractivity contribution < 1.29 is 0 Å². The van der Waals surface area contributed by atoms with E-state index in [1.807, 2.05) is 0 Å². The van der Waals surface area contributed by atoms with E-state index in [1.54, 1.807) is 0 Å². The molecule has 0 aromatic heterocycles. The summed E-state index contributed by atoms with van der Waals surface area (Å²) in [5.41, 5.74) is 22.2. The van der Waals surface area contributed by atoms with Crippen molar-refractivity contribution in [1.82, 2.24) is 0 Å². The van der Waals surface area contributed by atoms with E-state index in [0.29, 0.717) is 0 Å². The van der Waals surface area contributed by atoms with E-state index in [4.69, 9.17) is 0 Å². The average molecular weight is 966 g/mol. The van der Waals surface area contributed by atoms with Crippen molar-refractivity contribution in [1.29, 1.82) is 0 Å². The second-order valence-corrected chi connectivity index (χ2v) is 19.9. The summed E-state index contributed by atoms with van der Waals surface area (Å²) in [7, 11) is 0. The van der Waals surface area contributed by atoms with Gasteiger partial charge in [-0.2, -0.15) is 0 Å². The molecule has 1 heteroatoms. The summed E-state index contributed by atoms with van der Waals surface area (Å²) in [5, 5.41) is 4.83. The highest BCUT2D eigenvalue weighted by molar-refractivity contribution is 6.22. The fourth-order valence-electron chi connectivity index (χ4n) is 12.3. The molecule has 1 nitrogen and oxygen atoms in total. The predicted octanol–water partition coefficient (Wildman–Crippen LogP) is 20.2. The quantitative estimate of drug-likeness (QED) is 0.123. The number of hydrogen-bond acceptors (Lipinski definition) is 1. The zero-order valence-corrected chi connectivity index (χ0v) is 41.9. The molecular weight excluding hydrogens is 915 g/mol. The molecule has 0 radical (unpaired) electrons. The van der Waals surface area contributed by atoms with Gasteiger partial charge in [0.25, 0.3) is 0 Å². The van der Waals surface area contributed by atoms with Crippen molar-refractivity contribution in [3.63, 3.8) is 0 Å². The number of nitrogens with zero attached hydrogens (tertiary/aromatic N) is 1. The van der Waals surface area contributed by atoms with E-state index in [2.05, 4.69) is 314 Å². The fraction of sp³-hybridized carbons (Fsp3) is 0.0133. The third kappa shape index (κ3) is 7.55. The highest BCUT2D eigenvalue weighted by atomic mass is 15.1. The van der Waals surface area contributed by atoms with E-state index in [9.17, 15) is 0 Å². The molecule has 0 saturated heterocycles. The lowest BCUT2D eigenvalue weighted by atomic mass is 9.67. The Kier molecular flexibility index (Phi) is 11.2. The van der Waals surface area contributed by atoms with Crippen molar-refractivity contribution in [2.45, 2.75) is 5.41 Å². The van der Waals surface area contributed by atoms with E-state index in [1.165, 1.54) is 99.4 Å². The number of anilines is 3. The predicted molar refractivity (Wildman–Crippen MR) is 321 cm³/mol. The lowest BCUT2D eigenvalue weighted by Gasteiger charge is -2.35. The molecule has 0 unspecified atom stereocenters. The van der Waals surface area contributed by atoms with Crippen LogP contribution in [0.25, 0.3) is 88.3 Å². The molecule has 0 spiro atoms. The van der Waals surface area contributed by atoms with Crippen LogP contribution in [0.1, 0.15) is 22.3 Å². The summed E-state index contributed by atoms with van der Waals surface area (Å²) in [6, 6.07) is 114. The molecule has 0 atom stereocenters. The second-order valence-electron chi connectivity index (χ2n) is 19.9. The Morgan fingerprint density at radius 3 is 1.18 bits per heavy atom. The monoisotopic (exact) mass is 965 g/mol. The first kappa shape index (κ1) is 44.8. The SMILES string of the molecule is c1ccc(-c2ccc(-c3c(N(c4ccc(-c5ccc(-c6cccc(-c7ccccc7)c6)cc5)cc4)c4ccc5c(c4)C(c4ccccc4)(c4ccccc4)c4ccccc4-5)c4ccccc4c4ccccc34)cc2)cc1. The van der Waals surface area contributed by atoms with Crippen LogP contribution in [0, 0.1) is 0 Å². The van der Waals surface area contributed by atoms with Crippen molar-refractivity contribution in [3.05, 3.63) is 332 Å². The highest BCUT2D eigenvalue weighted by Crippen LogP contribution is 2.58. The number of benzene rings is 13. The summed E-state index contributed by atoms with van der Waals surface area (Å²) in [6.45, 7) is 0. The minimum atomic E-state index is -0.573. The van der Waals surface area contributed by atoms with Crippen LogP contribution in [0.15, 0.2) is 309 Å². The Morgan fingerprint density at radius 2 is 0.605 bits per heavy atom. The van der Waals surface area contributed by atoms with Gasteiger partial charge in [0.1, 0.15) is 0 Å². The highest BCUT2D eigenvalue weighted by Gasteiger charge is 2.46. The molecule has 0 amide bonds. The third-order valence-corrected chi connectivity index (χ3v) is 15.8. The van der Waals surface area contributed by atoms with Crippen molar-refractivity contribution in [3.8, 4) is 66.8 Å². The lowest BCUT2D eigenvalue weighted by Crippen LogP contribution is -2.28. The number of fused-ring (bicyclic) bond motifs is 6. The van der Waals surface area contributed by atoms with Crippen molar-refractivity contribution in [2.24, 2.45) is 0 Å². The number of rotatable bonds is 10. The summed E-state index contributed by atoms with van der Waals surface area (Å²) >= 11 is 0. The van der Waals surface area contributed by atoms with Crippen LogP contribution in [-0.4, -0.2) is 0 Å². The van der Waals surface area contributed by atoms with Gasteiger partial charge in [-0.1, -0.05) is 279 Å². The Labute approximate surface area is 444 Å². The summed E-state index contributed by atoms with van der Waals surface area (Å²) < 4.78 is 0. The van der Waals surface area contributed by atoms with Crippen LogP contribution < -0.4 is 4.90 Å². The number of hydrogen-bond donors (Lipinski definition) is 0. The summed E-state index contributed by atoms with van der Waals surface area (Å²) in [4.78, 5) is 2.55. The van der Waals surface area contributed by atoms with Gasteiger partial charge in [-0.15, -0.1) is 0 Å². The average Bonchev–Trinajstić information content (AvgIpc) is 3.84. The lowest BCUT2D eigenvalue weighted by molar-refractivity contribution is 0.768. The Balaban J connectivity index is 0.986. The second kappa shape index (κ2) is 18.9. The Morgan fingerprint density at radius 1 is 0.224 bits per heavy atom. The zero-order chi connectivity index (χ0) is 50.4. The molecule has 13 aromatic carbocycles. The van der Waals surface area contributed by atoms with Crippen molar-refractivity contribution in [2.75, 3.05) is 4.90 Å². The summed E-state index contributed by atoms with van der Waals surface area (Å²) in [6.07, 6.45) is 0. The van der Waals surface area contributed by atoms with Gasteiger partial charge in [-0.05, 0) is 130 Å². The maximum Gasteiger partial charge on any atom is 0.0714 e. The Hall–Kier alpha value is -9.82. The van der Waals surface area contributed by atoms with E-state index >= 15 is 0 Å². The van der Waals surface area contributed by atoms with Crippen molar-refractivity contribution >= 4 is 38.6 Å². The minimum Gasteiger partial charge on any atom is -0.309 e. The smallest absolute Gasteiger partial charge is 0.0714 e. The molecule has 14 rings (SSSR count). The van der Waals surface area contributed by atoms with Crippen LogP contribution in [0.5, 0.6) is 0 Å². The molecule has 76 heavy (non-hydrogen) atoms. The van der Waals surface area contributed by atoms with Gasteiger partial charge in [0.05, 0.1) is 11.1 Å². The zero-order valence-electron chi connectivity index (χ0n) is 41.9. The Bertz CT molecular complexity index is 4180. The largest absolute Gasteiger partial charge is 0.309 e. The molecule has 0 bridgehead atoms. The molecule has 1 aliphatic carbocycles. The van der Waals surface area contributed by atoms with Crippen LogP contribution >= 0.6 is 0 Å². The molecule has 0 heterocycles. The van der Waals surface area contributed by atoms with Crippen LogP contribution in [0.3, 0.4) is 0 Å². The van der Waals surface area contributed by atoms with E-state index < -0.39 is 5.41 Å². The molecule has 0 fully saturated rings. The van der Waals surface area contributed by atoms with Crippen LogP contribution in [-0.2, 0) is 5.41 Å². The minimum absolute atomic E-state index is 0.573. The molecule has 0 saturated carbocycles. The molecule has 13 aromatic rings. The van der Waals surface area contributed by atoms with Gasteiger partial charge in [-0.3, -0.25) is 0 Å². The van der Waals surface area contributed by atoms with Crippen LogP contribution in [0.2, 0.25) is 0 Å². The van der Waals surface area contributed by atoms with Gasteiger partial charge < -0.3 is 4.90 Å². The molecule has 356 valence electrons. The third-order valence-electron chi connectivity index (χ3n) is 15.8. The van der Waals surface area contributed by atoms with Gasteiger partial charge in [0.15, 0.2) is 0 Å². The summed E-state index contributed by atoms with van der Waals surface area (Å²) in [5.74, 6) is 0. The van der Waals surface area contributed by atoms with Gasteiger partial charge in [-0.25, -0.2) is 0 Å². The van der Waals surface area contributed by atoms with Crippen LogP contribution in [0.4, 0.5) is 17.1 Å². The first-order valence-corrected chi connectivity index (χ1v) is 26.3. The maximum absolute atomic E-state index is 2.55. The molecule has 0 aliphatic heterocycles. The first-order valence-electron chi connectivity index (χ1n) is 26.3. The van der Waals surface area contributed by atoms with E-state index in [0.717, 1.165) is 28.2 Å². The first-order chi connectivity index (χ1) is 37.7. The topological polar surface area (TPSA) is 3.24 Å². The molecular formula is C75H51N. The normalized spacial score (nSPS) is 12.3. The van der Waals surface area contributed by atoms with Gasteiger partial charge in [0, 0.05) is 22.3 Å². The standard InChI is InChI=1S/C75H51N/c1-5-20-52(21-6-1)54-40-42-58(43-41-54)73-69-33-15-13-30-65(69)66-31-14-16-34-70(66)74(73)76(63-46-44-56(45-47-63)55-36-38-57(39-37-55)60-25-19-24-59(50-60)53-22-7-2-8-23-53)64-48-49-68-67-32-17-18-35-71(67)75(72(68)51-64,61-26-9-3-10-27-61)62-28-11-4-12-29-62/h1-51H. The molecule has 1 aliphatic rings. The van der Waals surface area contributed by atoms with Gasteiger partial charge in [0.2, 0.25) is 0 Å². The van der Waals surface area contributed by atoms with E-state index in [-0.39, 0.29) is 0 Å². The fourth-order valence-corrected chi connectivity index (χ4v) is 12.3.